The summed E-state index contributed by atoms with van der Waals surface area (Å²) in [5.41, 5.74) is 6.42. The molecule has 0 aromatic heterocycles. The van der Waals surface area contributed by atoms with E-state index >= 15 is 0 Å². The summed E-state index contributed by atoms with van der Waals surface area (Å²) in [6, 6.07) is 1.14. The van der Waals surface area contributed by atoms with Crippen molar-refractivity contribution in [2.45, 2.75) is 59.0 Å². The second-order valence-corrected chi connectivity index (χ2v) is 7.02. The summed E-state index contributed by atoms with van der Waals surface area (Å²) < 4.78 is 0. The SMILES string of the molecule is CC(C)CN(CC1C2CCC(C2)C1N)C(C)C. The highest BCUT2D eigenvalue weighted by molar-refractivity contribution is 5.00. The van der Waals surface area contributed by atoms with Crippen molar-refractivity contribution in [2.75, 3.05) is 13.1 Å². The van der Waals surface area contributed by atoms with Gasteiger partial charge in [0.15, 0.2) is 0 Å². The van der Waals surface area contributed by atoms with Crippen LogP contribution < -0.4 is 5.73 Å². The number of hydrogen-bond donors (Lipinski definition) is 1. The summed E-state index contributed by atoms with van der Waals surface area (Å²) in [5.74, 6) is 3.31. The third-order valence-electron chi connectivity index (χ3n) is 4.93. The van der Waals surface area contributed by atoms with Gasteiger partial charge < -0.3 is 10.6 Å². The molecule has 100 valence electrons. The van der Waals surface area contributed by atoms with Gasteiger partial charge in [0, 0.05) is 25.2 Å². The van der Waals surface area contributed by atoms with Gasteiger partial charge in [-0.25, -0.2) is 0 Å². The summed E-state index contributed by atoms with van der Waals surface area (Å²) >= 11 is 0. The Morgan fingerprint density at radius 1 is 1.12 bits per heavy atom. The van der Waals surface area contributed by atoms with Crippen LogP contribution in [0.5, 0.6) is 0 Å². The number of hydrogen-bond acceptors (Lipinski definition) is 2. The molecule has 2 N–H and O–H groups in total. The topological polar surface area (TPSA) is 29.3 Å². The lowest BCUT2D eigenvalue weighted by Gasteiger charge is -2.36. The molecular weight excluding hydrogens is 208 g/mol. The molecule has 0 aliphatic heterocycles. The molecule has 2 bridgehead atoms. The number of fused-ring (bicyclic) bond motifs is 2. The summed E-state index contributed by atoms with van der Waals surface area (Å²) in [4.78, 5) is 2.65. The molecule has 2 fully saturated rings. The average molecular weight is 238 g/mol. The van der Waals surface area contributed by atoms with Gasteiger partial charge in [-0.2, -0.15) is 0 Å². The van der Waals surface area contributed by atoms with Crippen molar-refractivity contribution < 1.29 is 0 Å². The van der Waals surface area contributed by atoms with Crippen molar-refractivity contribution in [3.05, 3.63) is 0 Å². The van der Waals surface area contributed by atoms with E-state index in [9.17, 15) is 0 Å². The predicted octanol–water partition coefficient (Wildman–Crippen LogP) is 2.73. The maximum atomic E-state index is 6.42. The third-order valence-corrected chi connectivity index (χ3v) is 4.93. The molecule has 2 saturated carbocycles. The highest BCUT2D eigenvalue weighted by Crippen LogP contribution is 2.47. The normalized spacial score (nSPS) is 36.7. The molecule has 0 aromatic rings. The van der Waals surface area contributed by atoms with E-state index in [4.69, 9.17) is 5.73 Å². The van der Waals surface area contributed by atoms with Gasteiger partial charge in [0.2, 0.25) is 0 Å². The van der Waals surface area contributed by atoms with Crippen LogP contribution in [0, 0.1) is 23.7 Å². The lowest BCUT2D eigenvalue weighted by Crippen LogP contribution is -2.45. The smallest absolute Gasteiger partial charge is 0.0111 e. The molecule has 2 aliphatic carbocycles. The van der Waals surface area contributed by atoms with Crippen LogP contribution in [0.4, 0.5) is 0 Å². The Hall–Kier alpha value is -0.0800. The zero-order valence-electron chi connectivity index (χ0n) is 12.0. The van der Waals surface area contributed by atoms with Gasteiger partial charge in [-0.15, -0.1) is 0 Å². The van der Waals surface area contributed by atoms with Crippen LogP contribution in [-0.4, -0.2) is 30.1 Å². The fourth-order valence-corrected chi connectivity index (χ4v) is 3.96. The molecule has 2 heteroatoms. The van der Waals surface area contributed by atoms with Crippen molar-refractivity contribution in [2.24, 2.45) is 29.4 Å². The van der Waals surface area contributed by atoms with E-state index in [1.54, 1.807) is 0 Å². The van der Waals surface area contributed by atoms with E-state index in [0.29, 0.717) is 12.1 Å². The maximum absolute atomic E-state index is 6.42. The molecule has 4 atom stereocenters. The fourth-order valence-electron chi connectivity index (χ4n) is 3.96. The lowest BCUT2D eigenvalue weighted by molar-refractivity contribution is 0.132. The van der Waals surface area contributed by atoms with Gasteiger partial charge in [0.25, 0.3) is 0 Å². The van der Waals surface area contributed by atoms with E-state index in [1.165, 1.54) is 32.4 Å². The first-order chi connectivity index (χ1) is 7.99. The molecule has 4 unspecified atom stereocenters. The Bertz CT molecular complexity index is 247. The molecule has 0 saturated heterocycles. The molecular formula is C15H30N2. The van der Waals surface area contributed by atoms with E-state index in [-0.39, 0.29) is 0 Å². The monoisotopic (exact) mass is 238 g/mol. The first kappa shape index (κ1) is 13.4. The molecule has 0 radical (unpaired) electrons. The second kappa shape index (κ2) is 5.27. The highest BCUT2D eigenvalue weighted by atomic mass is 15.2. The molecule has 0 aromatic carbocycles. The Balaban J connectivity index is 1.93. The number of nitrogens with zero attached hydrogens (tertiary/aromatic N) is 1. The van der Waals surface area contributed by atoms with E-state index < -0.39 is 0 Å². The van der Waals surface area contributed by atoms with Crippen LogP contribution in [0.2, 0.25) is 0 Å². The van der Waals surface area contributed by atoms with Gasteiger partial charge >= 0.3 is 0 Å². The summed E-state index contributed by atoms with van der Waals surface area (Å²) in [6.45, 7) is 11.7. The number of rotatable bonds is 5. The summed E-state index contributed by atoms with van der Waals surface area (Å²) in [5, 5.41) is 0. The van der Waals surface area contributed by atoms with Crippen molar-refractivity contribution in [1.29, 1.82) is 0 Å². The van der Waals surface area contributed by atoms with Gasteiger partial charge in [-0.1, -0.05) is 13.8 Å². The van der Waals surface area contributed by atoms with Crippen LogP contribution in [0.3, 0.4) is 0 Å². The van der Waals surface area contributed by atoms with Crippen LogP contribution in [-0.2, 0) is 0 Å². The van der Waals surface area contributed by atoms with Crippen molar-refractivity contribution in [3.8, 4) is 0 Å². The quantitative estimate of drug-likeness (QED) is 0.798. The average Bonchev–Trinajstić information content (AvgIpc) is 2.79. The highest BCUT2D eigenvalue weighted by Gasteiger charge is 2.46. The van der Waals surface area contributed by atoms with Crippen molar-refractivity contribution in [1.82, 2.24) is 4.90 Å². The van der Waals surface area contributed by atoms with Crippen LogP contribution >= 0.6 is 0 Å². The van der Waals surface area contributed by atoms with Gasteiger partial charge in [-0.05, 0) is 56.8 Å². The van der Waals surface area contributed by atoms with Crippen molar-refractivity contribution in [3.63, 3.8) is 0 Å². The number of nitrogens with two attached hydrogens (primary N) is 1. The maximum Gasteiger partial charge on any atom is 0.0111 e. The van der Waals surface area contributed by atoms with Crippen molar-refractivity contribution >= 4 is 0 Å². The lowest BCUT2D eigenvalue weighted by atomic mass is 9.84. The molecule has 2 aliphatic rings. The van der Waals surface area contributed by atoms with Crippen LogP contribution in [0.15, 0.2) is 0 Å². The second-order valence-electron chi connectivity index (χ2n) is 7.02. The van der Waals surface area contributed by atoms with Crippen LogP contribution in [0.1, 0.15) is 47.0 Å². The molecule has 17 heavy (non-hydrogen) atoms. The molecule has 0 spiro atoms. The van der Waals surface area contributed by atoms with Gasteiger partial charge in [0.05, 0.1) is 0 Å². The molecule has 2 rings (SSSR count). The minimum atomic E-state index is 0.488. The van der Waals surface area contributed by atoms with Gasteiger partial charge in [0.1, 0.15) is 0 Å². The standard InChI is InChI=1S/C15H30N2/c1-10(2)8-17(11(3)4)9-14-12-5-6-13(7-12)15(14)16/h10-15H,5-9,16H2,1-4H3. The first-order valence-corrected chi connectivity index (χ1v) is 7.48. The van der Waals surface area contributed by atoms with E-state index in [2.05, 4.69) is 32.6 Å². The largest absolute Gasteiger partial charge is 0.327 e. The minimum Gasteiger partial charge on any atom is -0.327 e. The van der Waals surface area contributed by atoms with Gasteiger partial charge in [-0.3, -0.25) is 0 Å². The molecule has 2 nitrogen and oxygen atoms in total. The summed E-state index contributed by atoms with van der Waals surface area (Å²) in [6.07, 6.45) is 4.25. The zero-order chi connectivity index (χ0) is 12.6. The Morgan fingerprint density at radius 2 is 1.76 bits per heavy atom. The summed E-state index contributed by atoms with van der Waals surface area (Å²) in [7, 11) is 0. The van der Waals surface area contributed by atoms with Crippen LogP contribution in [0.25, 0.3) is 0 Å². The zero-order valence-corrected chi connectivity index (χ0v) is 12.0. The Morgan fingerprint density at radius 3 is 2.24 bits per heavy atom. The first-order valence-electron chi connectivity index (χ1n) is 7.48. The van der Waals surface area contributed by atoms with E-state index in [1.807, 2.05) is 0 Å². The fraction of sp³-hybridized carbons (Fsp3) is 1.00. The molecule has 0 amide bonds. The predicted molar refractivity (Wildman–Crippen MR) is 73.8 cm³/mol. The van der Waals surface area contributed by atoms with E-state index in [0.717, 1.165) is 23.7 Å². The Kier molecular flexibility index (Phi) is 4.14. The molecule has 0 heterocycles. The Labute approximate surface area is 107 Å². The third kappa shape index (κ3) is 2.85. The minimum absolute atomic E-state index is 0.488.